The summed E-state index contributed by atoms with van der Waals surface area (Å²) in [5, 5.41) is 3.13. The molecule has 1 aromatic heterocycles. The minimum atomic E-state index is -4.48. The Morgan fingerprint density at radius 2 is 1.84 bits per heavy atom. The molecular formula is C22H20F3N3O3. The standard InChI is InChI=1S/C22H20F3N3O3/c23-22(24,25)13-31-18-8-4-3-7-17(18)27-20(29)12-11-19-26-16-6-2-1-5-15(16)21(30)28(19)14-9-10-14/h1-8,14H,9-13H2,(H,27,29). The van der Waals surface area contributed by atoms with Crippen LogP contribution in [0.25, 0.3) is 10.9 Å². The third-order valence-corrected chi connectivity index (χ3v) is 4.92. The summed E-state index contributed by atoms with van der Waals surface area (Å²) in [5.74, 6) is 0.0580. The van der Waals surface area contributed by atoms with Crippen LogP contribution in [-0.4, -0.2) is 28.2 Å². The molecule has 0 saturated heterocycles. The number of nitrogens with zero attached hydrogens (tertiary/aromatic N) is 2. The Labute approximate surface area is 175 Å². The van der Waals surface area contributed by atoms with Crippen molar-refractivity contribution in [1.29, 1.82) is 0 Å². The Hall–Kier alpha value is -3.36. The average Bonchev–Trinajstić information content (AvgIpc) is 3.56. The van der Waals surface area contributed by atoms with Crippen LogP contribution >= 0.6 is 0 Å². The SMILES string of the molecule is O=C(CCc1nc2ccccc2c(=O)n1C1CC1)Nc1ccccc1OCC(F)(F)F. The molecular weight excluding hydrogens is 411 g/mol. The monoisotopic (exact) mass is 431 g/mol. The highest BCUT2D eigenvalue weighted by molar-refractivity contribution is 5.92. The fourth-order valence-electron chi connectivity index (χ4n) is 3.37. The molecule has 4 rings (SSSR count). The van der Waals surface area contributed by atoms with Gasteiger partial charge in [0, 0.05) is 18.9 Å². The number of hydrogen-bond donors (Lipinski definition) is 1. The van der Waals surface area contributed by atoms with Gasteiger partial charge < -0.3 is 10.1 Å². The van der Waals surface area contributed by atoms with Crippen molar-refractivity contribution < 1.29 is 22.7 Å². The summed E-state index contributed by atoms with van der Waals surface area (Å²) in [6.07, 6.45) is -2.45. The smallest absolute Gasteiger partial charge is 0.422 e. The van der Waals surface area contributed by atoms with Crippen LogP contribution in [0.3, 0.4) is 0 Å². The van der Waals surface area contributed by atoms with Crippen molar-refractivity contribution in [2.75, 3.05) is 11.9 Å². The van der Waals surface area contributed by atoms with Gasteiger partial charge in [-0.15, -0.1) is 0 Å². The second-order valence-electron chi connectivity index (χ2n) is 7.40. The molecule has 31 heavy (non-hydrogen) atoms. The van der Waals surface area contributed by atoms with Crippen molar-refractivity contribution in [3.8, 4) is 5.75 Å². The molecule has 1 amide bonds. The summed E-state index contributed by atoms with van der Waals surface area (Å²) in [4.78, 5) is 29.9. The highest BCUT2D eigenvalue weighted by Crippen LogP contribution is 2.35. The summed E-state index contributed by atoms with van der Waals surface area (Å²) in [5.41, 5.74) is 0.614. The number of anilines is 1. The highest BCUT2D eigenvalue weighted by atomic mass is 19.4. The van der Waals surface area contributed by atoms with Crippen LogP contribution in [0.1, 0.15) is 31.1 Å². The second-order valence-corrected chi connectivity index (χ2v) is 7.40. The predicted molar refractivity (Wildman–Crippen MR) is 109 cm³/mol. The topological polar surface area (TPSA) is 73.2 Å². The molecule has 1 aliphatic rings. The molecule has 1 heterocycles. The van der Waals surface area contributed by atoms with Gasteiger partial charge in [-0.3, -0.25) is 14.2 Å². The number of aryl methyl sites for hydroxylation is 1. The molecule has 0 bridgehead atoms. The van der Waals surface area contributed by atoms with Gasteiger partial charge in [-0.2, -0.15) is 13.2 Å². The number of alkyl halides is 3. The fourth-order valence-corrected chi connectivity index (χ4v) is 3.37. The van der Waals surface area contributed by atoms with Crippen LogP contribution in [-0.2, 0) is 11.2 Å². The van der Waals surface area contributed by atoms with Crippen LogP contribution in [0, 0.1) is 0 Å². The van der Waals surface area contributed by atoms with Crippen LogP contribution < -0.4 is 15.6 Å². The van der Waals surface area contributed by atoms with Gasteiger partial charge in [-0.25, -0.2) is 4.98 Å². The maximum absolute atomic E-state index is 12.9. The Morgan fingerprint density at radius 1 is 1.13 bits per heavy atom. The lowest BCUT2D eigenvalue weighted by Crippen LogP contribution is -2.25. The third-order valence-electron chi connectivity index (χ3n) is 4.92. The normalized spacial score (nSPS) is 13.9. The number of nitrogens with one attached hydrogen (secondary N) is 1. The molecule has 6 nitrogen and oxygen atoms in total. The number of carbonyl (C=O) groups excluding carboxylic acids is 1. The number of amides is 1. The quantitative estimate of drug-likeness (QED) is 0.607. The second kappa shape index (κ2) is 8.41. The molecule has 2 aromatic carbocycles. The Morgan fingerprint density at radius 3 is 2.58 bits per heavy atom. The summed E-state index contributed by atoms with van der Waals surface area (Å²) in [7, 11) is 0. The first-order valence-electron chi connectivity index (χ1n) is 9.90. The molecule has 162 valence electrons. The maximum Gasteiger partial charge on any atom is 0.422 e. The molecule has 0 atom stereocenters. The van der Waals surface area contributed by atoms with Gasteiger partial charge in [0.25, 0.3) is 5.56 Å². The zero-order chi connectivity index (χ0) is 22.0. The first-order chi connectivity index (χ1) is 14.8. The lowest BCUT2D eigenvalue weighted by molar-refractivity contribution is -0.153. The Balaban J connectivity index is 1.48. The minimum Gasteiger partial charge on any atom is -0.482 e. The number of ether oxygens (including phenoxy) is 1. The Kier molecular flexibility index (Phi) is 5.67. The van der Waals surface area contributed by atoms with Crippen LogP contribution in [0.15, 0.2) is 53.3 Å². The van der Waals surface area contributed by atoms with Crippen LogP contribution in [0.5, 0.6) is 5.75 Å². The van der Waals surface area contributed by atoms with Gasteiger partial charge >= 0.3 is 6.18 Å². The zero-order valence-corrected chi connectivity index (χ0v) is 16.5. The molecule has 0 spiro atoms. The van der Waals surface area contributed by atoms with E-state index < -0.39 is 18.7 Å². The molecule has 1 aliphatic carbocycles. The van der Waals surface area contributed by atoms with Gasteiger partial charge in [0.15, 0.2) is 6.61 Å². The molecule has 0 aliphatic heterocycles. The van der Waals surface area contributed by atoms with Gasteiger partial charge in [-0.05, 0) is 37.1 Å². The summed E-state index contributed by atoms with van der Waals surface area (Å²) in [6, 6.07) is 13.1. The first-order valence-corrected chi connectivity index (χ1v) is 9.90. The van der Waals surface area contributed by atoms with Crippen molar-refractivity contribution in [3.63, 3.8) is 0 Å². The summed E-state index contributed by atoms with van der Waals surface area (Å²) in [6.45, 7) is -1.45. The zero-order valence-electron chi connectivity index (χ0n) is 16.5. The van der Waals surface area contributed by atoms with Crippen molar-refractivity contribution in [2.45, 2.75) is 37.9 Å². The number of carbonyl (C=O) groups is 1. The van der Waals surface area contributed by atoms with Gasteiger partial charge in [0.2, 0.25) is 5.91 Å². The van der Waals surface area contributed by atoms with E-state index in [1.165, 1.54) is 18.2 Å². The first kappa shape index (κ1) is 20.9. The summed E-state index contributed by atoms with van der Waals surface area (Å²) < 4.78 is 43.8. The van der Waals surface area contributed by atoms with Crippen LogP contribution in [0.4, 0.5) is 18.9 Å². The molecule has 1 saturated carbocycles. The van der Waals surface area contributed by atoms with E-state index in [1.54, 1.807) is 34.9 Å². The van der Waals surface area contributed by atoms with E-state index in [-0.39, 0.29) is 35.9 Å². The predicted octanol–water partition coefficient (Wildman–Crippen LogP) is 4.24. The molecule has 1 N–H and O–H groups in total. The van der Waals surface area contributed by atoms with Gasteiger partial charge in [0.1, 0.15) is 11.6 Å². The van der Waals surface area contributed by atoms with Crippen molar-refractivity contribution in [3.05, 3.63) is 64.7 Å². The number of benzene rings is 2. The highest BCUT2D eigenvalue weighted by Gasteiger charge is 2.29. The van der Waals surface area contributed by atoms with E-state index in [9.17, 15) is 22.8 Å². The largest absolute Gasteiger partial charge is 0.482 e. The lowest BCUT2D eigenvalue weighted by atomic mass is 10.2. The number of para-hydroxylation sites is 3. The Bertz CT molecular complexity index is 1170. The number of rotatable bonds is 7. The van der Waals surface area contributed by atoms with E-state index in [0.717, 1.165) is 12.8 Å². The minimum absolute atomic E-state index is 0.0190. The van der Waals surface area contributed by atoms with E-state index in [2.05, 4.69) is 10.3 Å². The summed E-state index contributed by atoms with van der Waals surface area (Å²) >= 11 is 0. The third kappa shape index (κ3) is 5.04. The lowest BCUT2D eigenvalue weighted by Gasteiger charge is -2.15. The molecule has 0 radical (unpaired) electrons. The molecule has 9 heteroatoms. The van der Waals surface area contributed by atoms with Crippen LogP contribution in [0.2, 0.25) is 0 Å². The average molecular weight is 431 g/mol. The number of hydrogen-bond acceptors (Lipinski definition) is 4. The number of fused-ring (bicyclic) bond motifs is 1. The number of aromatic nitrogens is 2. The van der Waals surface area contributed by atoms with Crippen molar-refractivity contribution in [1.82, 2.24) is 9.55 Å². The molecule has 1 fully saturated rings. The van der Waals surface area contributed by atoms with E-state index in [4.69, 9.17) is 4.74 Å². The van der Waals surface area contributed by atoms with E-state index in [1.807, 2.05) is 0 Å². The molecule has 0 unspecified atom stereocenters. The van der Waals surface area contributed by atoms with Gasteiger partial charge in [-0.1, -0.05) is 24.3 Å². The maximum atomic E-state index is 12.9. The van der Waals surface area contributed by atoms with Crippen molar-refractivity contribution >= 4 is 22.5 Å². The fraction of sp³-hybridized carbons (Fsp3) is 0.318. The van der Waals surface area contributed by atoms with Gasteiger partial charge in [0.05, 0.1) is 16.6 Å². The van der Waals surface area contributed by atoms with E-state index in [0.29, 0.717) is 16.7 Å². The number of halogens is 3. The van der Waals surface area contributed by atoms with E-state index >= 15 is 0 Å². The van der Waals surface area contributed by atoms with Crippen molar-refractivity contribution in [2.24, 2.45) is 0 Å². The molecule has 3 aromatic rings.